The number of nitrogens with zero attached hydrogens (tertiary/aromatic N) is 5. The van der Waals surface area contributed by atoms with Gasteiger partial charge < -0.3 is 9.15 Å². The Morgan fingerprint density at radius 1 is 1.00 bits per heavy atom. The van der Waals surface area contributed by atoms with Crippen molar-refractivity contribution in [2.45, 2.75) is 18.7 Å². The quantitative estimate of drug-likeness (QED) is 0.382. The van der Waals surface area contributed by atoms with Gasteiger partial charge in [-0.2, -0.15) is 0 Å². The van der Waals surface area contributed by atoms with Gasteiger partial charge in [0, 0.05) is 24.5 Å². The Balaban J connectivity index is 1.33. The number of aromatic nitrogens is 5. The SMILES string of the molecule is Cc1ncn(-c2cc(Oc3ccc(NS(=O)(=O)c4ccc5oc(=O)n(C)c5c4)cc3)ncn2)c1C. The number of hydrogen-bond donors (Lipinski definition) is 1. The second-order valence-electron chi connectivity index (χ2n) is 7.79. The maximum atomic E-state index is 12.9. The van der Waals surface area contributed by atoms with Crippen molar-refractivity contribution in [2.24, 2.45) is 7.05 Å². The van der Waals surface area contributed by atoms with Gasteiger partial charge in [0.2, 0.25) is 5.88 Å². The van der Waals surface area contributed by atoms with E-state index in [4.69, 9.17) is 9.15 Å². The second kappa shape index (κ2) is 8.40. The van der Waals surface area contributed by atoms with Gasteiger partial charge in [-0.05, 0) is 56.3 Å². The minimum absolute atomic E-state index is 0.000253. The average Bonchev–Trinajstić information content (AvgIpc) is 3.32. The highest BCUT2D eigenvalue weighted by molar-refractivity contribution is 7.92. The molecule has 0 bridgehead atoms. The summed E-state index contributed by atoms with van der Waals surface area (Å²) < 4.78 is 42.2. The molecule has 0 atom stereocenters. The molecule has 3 heterocycles. The Labute approximate surface area is 199 Å². The van der Waals surface area contributed by atoms with Crippen LogP contribution < -0.4 is 15.2 Å². The number of oxazole rings is 1. The summed E-state index contributed by atoms with van der Waals surface area (Å²) in [6, 6.07) is 12.3. The lowest BCUT2D eigenvalue weighted by Crippen LogP contribution is -2.13. The van der Waals surface area contributed by atoms with Gasteiger partial charge in [-0.1, -0.05) is 0 Å². The molecule has 1 N–H and O–H groups in total. The molecule has 5 rings (SSSR count). The molecule has 12 heteroatoms. The first kappa shape index (κ1) is 22.3. The molecule has 0 saturated heterocycles. The van der Waals surface area contributed by atoms with Crippen LogP contribution in [0.1, 0.15) is 11.4 Å². The molecule has 0 unspecified atom stereocenters. The molecule has 0 spiro atoms. The van der Waals surface area contributed by atoms with Crippen LogP contribution in [0, 0.1) is 13.8 Å². The van der Waals surface area contributed by atoms with E-state index in [0.29, 0.717) is 34.2 Å². The van der Waals surface area contributed by atoms with Crippen molar-refractivity contribution in [3.8, 4) is 17.4 Å². The fourth-order valence-electron chi connectivity index (χ4n) is 3.45. The van der Waals surface area contributed by atoms with E-state index in [1.54, 1.807) is 36.7 Å². The number of nitrogens with one attached hydrogen (secondary N) is 1. The molecule has 11 nitrogen and oxygen atoms in total. The van der Waals surface area contributed by atoms with Crippen LogP contribution >= 0.6 is 0 Å². The summed E-state index contributed by atoms with van der Waals surface area (Å²) in [7, 11) is -2.39. The van der Waals surface area contributed by atoms with Gasteiger partial charge in [0.15, 0.2) is 5.58 Å². The monoisotopic (exact) mass is 492 g/mol. The maximum Gasteiger partial charge on any atom is 0.419 e. The van der Waals surface area contributed by atoms with E-state index in [1.165, 1.54) is 36.1 Å². The summed E-state index contributed by atoms with van der Waals surface area (Å²) in [4.78, 5) is 24.3. The zero-order chi connectivity index (χ0) is 24.7. The van der Waals surface area contributed by atoms with Crippen LogP contribution in [0.5, 0.6) is 11.6 Å². The smallest absolute Gasteiger partial charge is 0.419 e. The van der Waals surface area contributed by atoms with E-state index >= 15 is 0 Å². The number of ether oxygens (including phenoxy) is 1. The van der Waals surface area contributed by atoms with Crippen molar-refractivity contribution < 1.29 is 17.6 Å². The number of hydrogen-bond acceptors (Lipinski definition) is 8. The Bertz CT molecular complexity index is 1720. The van der Waals surface area contributed by atoms with Crippen molar-refractivity contribution in [3.63, 3.8) is 0 Å². The third kappa shape index (κ3) is 4.26. The Kier molecular flexibility index (Phi) is 5.36. The van der Waals surface area contributed by atoms with Crippen molar-refractivity contribution in [1.82, 2.24) is 24.1 Å². The molecule has 178 valence electrons. The Morgan fingerprint density at radius 2 is 1.77 bits per heavy atom. The van der Waals surface area contributed by atoms with E-state index in [0.717, 1.165) is 11.4 Å². The molecule has 35 heavy (non-hydrogen) atoms. The number of fused-ring (bicyclic) bond motifs is 1. The molecule has 0 fully saturated rings. The van der Waals surface area contributed by atoms with Gasteiger partial charge in [-0.3, -0.25) is 13.9 Å². The van der Waals surface area contributed by atoms with Gasteiger partial charge in [0.05, 0.1) is 16.1 Å². The highest BCUT2D eigenvalue weighted by atomic mass is 32.2. The Morgan fingerprint density at radius 3 is 2.49 bits per heavy atom. The van der Waals surface area contributed by atoms with E-state index in [-0.39, 0.29) is 4.90 Å². The van der Waals surface area contributed by atoms with Crippen molar-refractivity contribution in [3.05, 3.63) is 83.1 Å². The van der Waals surface area contributed by atoms with Crippen LogP contribution in [-0.4, -0.2) is 32.5 Å². The summed E-state index contributed by atoms with van der Waals surface area (Å²) in [5.41, 5.74) is 2.89. The van der Waals surface area contributed by atoms with E-state index in [2.05, 4.69) is 19.7 Å². The van der Waals surface area contributed by atoms with Gasteiger partial charge in [-0.15, -0.1) is 0 Å². The standard InChI is InChI=1S/C23H20N6O5S/c1-14-15(2)29(13-26-14)21-11-22(25-12-24-21)33-17-6-4-16(5-7-17)27-35(31,32)18-8-9-20-19(10-18)28(3)23(30)34-20/h4-13,27H,1-3H3. The number of sulfonamides is 1. The van der Waals surface area contributed by atoms with Crippen LogP contribution in [-0.2, 0) is 17.1 Å². The third-order valence-electron chi connectivity index (χ3n) is 5.53. The normalized spacial score (nSPS) is 11.6. The fraction of sp³-hybridized carbons (Fsp3) is 0.130. The zero-order valence-electron chi connectivity index (χ0n) is 19.0. The first-order valence-electron chi connectivity index (χ1n) is 10.4. The Hall–Kier alpha value is -4.45. The molecule has 0 aliphatic rings. The topological polar surface area (TPSA) is 134 Å². The van der Waals surface area contributed by atoms with Crippen LogP contribution in [0.15, 0.2) is 75.3 Å². The summed E-state index contributed by atoms with van der Waals surface area (Å²) in [5, 5.41) is 0. The molecule has 0 aliphatic heterocycles. The van der Waals surface area contributed by atoms with Crippen molar-refractivity contribution in [2.75, 3.05) is 4.72 Å². The zero-order valence-corrected chi connectivity index (χ0v) is 19.8. The highest BCUT2D eigenvalue weighted by Crippen LogP contribution is 2.25. The molecular weight excluding hydrogens is 472 g/mol. The lowest BCUT2D eigenvalue weighted by Gasteiger charge is -2.10. The second-order valence-corrected chi connectivity index (χ2v) is 9.47. The van der Waals surface area contributed by atoms with Crippen molar-refractivity contribution in [1.29, 1.82) is 0 Å². The van der Waals surface area contributed by atoms with Crippen LogP contribution in [0.25, 0.3) is 16.9 Å². The van der Waals surface area contributed by atoms with E-state index < -0.39 is 15.8 Å². The lowest BCUT2D eigenvalue weighted by atomic mass is 10.3. The molecule has 0 amide bonds. The predicted octanol–water partition coefficient (Wildman–Crippen LogP) is 3.32. The fourth-order valence-corrected chi connectivity index (χ4v) is 4.52. The summed E-state index contributed by atoms with van der Waals surface area (Å²) in [5.74, 6) is 0.841. The highest BCUT2D eigenvalue weighted by Gasteiger charge is 2.17. The minimum Gasteiger partial charge on any atom is -0.439 e. The predicted molar refractivity (Wildman–Crippen MR) is 127 cm³/mol. The lowest BCUT2D eigenvalue weighted by molar-refractivity contribution is 0.461. The van der Waals surface area contributed by atoms with E-state index in [1.807, 2.05) is 18.4 Å². The average molecular weight is 493 g/mol. The van der Waals surface area contributed by atoms with Gasteiger partial charge >= 0.3 is 5.76 Å². The van der Waals surface area contributed by atoms with Gasteiger partial charge in [-0.25, -0.2) is 28.2 Å². The summed E-state index contributed by atoms with van der Waals surface area (Å²) >= 11 is 0. The first-order valence-corrected chi connectivity index (χ1v) is 11.9. The van der Waals surface area contributed by atoms with E-state index in [9.17, 15) is 13.2 Å². The number of aryl methyl sites for hydroxylation is 2. The number of rotatable bonds is 6. The summed E-state index contributed by atoms with van der Waals surface area (Å²) in [6.07, 6.45) is 3.08. The molecule has 0 aliphatic carbocycles. The van der Waals surface area contributed by atoms with Crippen molar-refractivity contribution >= 4 is 26.8 Å². The largest absolute Gasteiger partial charge is 0.439 e. The first-order chi connectivity index (χ1) is 16.7. The molecule has 3 aromatic heterocycles. The summed E-state index contributed by atoms with van der Waals surface area (Å²) in [6.45, 7) is 3.86. The van der Waals surface area contributed by atoms with Crippen LogP contribution in [0.2, 0.25) is 0 Å². The molecular formula is C23H20N6O5S. The van der Waals surface area contributed by atoms with Crippen LogP contribution in [0.4, 0.5) is 5.69 Å². The third-order valence-corrected chi connectivity index (χ3v) is 6.91. The number of imidazole rings is 1. The molecule has 2 aromatic carbocycles. The van der Waals surface area contributed by atoms with Gasteiger partial charge in [0.25, 0.3) is 10.0 Å². The number of benzene rings is 2. The number of anilines is 1. The molecule has 0 radical (unpaired) electrons. The molecule has 0 saturated carbocycles. The minimum atomic E-state index is -3.90. The maximum absolute atomic E-state index is 12.9. The van der Waals surface area contributed by atoms with Crippen LogP contribution in [0.3, 0.4) is 0 Å². The van der Waals surface area contributed by atoms with Gasteiger partial charge in [0.1, 0.15) is 24.2 Å². The molecule has 5 aromatic rings.